The molecular formula is C22H16F2N6O2. The molecule has 2 atom stereocenters. The highest BCUT2D eigenvalue weighted by Gasteiger charge is 2.44. The van der Waals surface area contributed by atoms with Crippen LogP contribution in [0.3, 0.4) is 0 Å². The van der Waals surface area contributed by atoms with Gasteiger partial charge in [-0.1, -0.05) is 0 Å². The lowest BCUT2D eigenvalue weighted by Crippen LogP contribution is -2.03. The molecule has 8 nitrogen and oxygen atoms in total. The summed E-state index contributed by atoms with van der Waals surface area (Å²) in [5.74, 6) is -1.68. The summed E-state index contributed by atoms with van der Waals surface area (Å²) in [6.07, 6.45) is 5.39. The lowest BCUT2D eigenvalue weighted by atomic mass is 10.0. The van der Waals surface area contributed by atoms with Crippen LogP contribution in [0.1, 0.15) is 34.9 Å². The molecule has 3 heterocycles. The summed E-state index contributed by atoms with van der Waals surface area (Å²) in [5, 5.41) is 13.5. The number of nitrogens with zero attached hydrogens (tertiary/aromatic N) is 6. The minimum absolute atomic E-state index is 0.0116. The summed E-state index contributed by atoms with van der Waals surface area (Å²) in [6, 6.07) is 5.88. The first-order valence-electron chi connectivity index (χ1n) is 9.72. The number of aromatic nitrogens is 5. The Morgan fingerprint density at radius 2 is 1.88 bits per heavy atom. The predicted octanol–water partition coefficient (Wildman–Crippen LogP) is 3.62. The van der Waals surface area contributed by atoms with E-state index in [4.69, 9.17) is 14.7 Å². The Bertz CT molecular complexity index is 1370. The van der Waals surface area contributed by atoms with Crippen molar-refractivity contribution in [2.24, 2.45) is 0 Å². The molecule has 1 aliphatic carbocycles. The fraction of sp³-hybridized carbons (Fsp3) is 0.227. The van der Waals surface area contributed by atoms with Crippen molar-refractivity contribution in [3.05, 3.63) is 65.1 Å². The van der Waals surface area contributed by atoms with E-state index in [1.807, 2.05) is 6.07 Å². The highest BCUT2D eigenvalue weighted by Crippen LogP contribution is 2.57. The molecule has 0 spiro atoms. The minimum atomic E-state index is -0.715. The van der Waals surface area contributed by atoms with Gasteiger partial charge in [-0.05, 0) is 36.5 Å². The molecule has 0 N–H and O–H groups in total. The van der Waals surface area contributed by atoms with Crippen molar-refractivity contribution in [3.63, 3.8) is 0 Å². The lowest BCUT2D eigenvalue weighted by molar-refractivity contribution is 0.353. The molecule has 0 amide bonds. The van der Waals surface area contributed by atoms with Crippen LogP contribution in [0.5, 0.6) is 11.9 Å². The highest BCUT2D eigenvalue weighted by atomic mass is 19.1. The Balaban J connectivity index is 1.59. The van der Waals surface area contributed by atoms with E-state index in [9.17, 15) is 8.78 Å². The van der Waals surface area contributed by atoms with E-state index in [2.05, 4.69) is 20.1 Å². The van der Waals surface area contributed by atoms with Crippen LogP contribution in [0.2, 0.25) is 0 Å². The molecule has 1 aromatic carbocycles. The van der Waals surface area contributed by atoms with Gasteiger partial charge in [0.25, 0.3) is 0 Å². The van der Waals surface area contributed by atoms with Gasteiger partial charge in [-0.2, -0.15) is 15.3 Å². The van der Waals surface area contributed by atoms with E-state index in [0.29, 0.717) is 23.3 Å². The summed E-state index contributed by atoms with van der Waals surface area (Å²) in [5.41, 5.74) is 2.40. The number of imidazole rings is 1. The topological polar surface area (TPSA) is 98.2 Å². The quantitative estimate of drug-likeness (QED) is 0.473. The van der Waals surface area contributed by atoms with Crippen molar-refractivity contribution in [2.45, 2.75) is 18.3 Å². The van der Waals surface area contributed by atoms with Crippen LogP contribution < -0.4 is 9.47 Å². The van der Waals surface area contributed by atoms with Crippen LogP contribution in [-0.4, -0.2) is 38.8 Å². The van der Waals surface area contributed by atoms with E-state index in [-0.39, 0.29) is 34.9 Å². The number of ether oxygens (including phenoxy) is 2. The second-order valence-corrected chi connectivity index (χ2v) is 7.37. The first-order valence-corrected chi connectivity index (χ1v) is 9.72. The second-order valence-electron chi connectivity index (χ2n) is 7.37. The van der Waals surface area contributed by atoms with Gasteiger partial charge in [0.05, 0.1) is 37.1 Å². The van der Waals surface area contributed by atoms with Gasteiger partial charge in [0.1, 0.15) is 11.6 Å². The molecule has 3 aromatic heterocycles. The molecule has 0 radical (unpaired) electrons. The van der Waals surface area contributed by atoms with Crippen LogP contribution in [0, 0.1) is 23.0 Å². The van der Waals surface area contributed by atoms with Crippen LogP contribution in [0.4, 0.5) is 8.78 Å². The molecular weight excluding hydrogens is 418 g/mol. The minimum Gasteiger partial charge on any atom is -0.480 e. The van der Waals surface area contributed by atoms with Gasteiger partial charge in [-0.25, -0.2) is 23.3 Å². The Labute approximate surface area is 181 Å². The van der Waals surface area contributed by atoms with Gasteiger partial charge in [0.2, 0.25) is 5.88 Å². The van der Waals surface area contributed by atoms with Gasteiger partial charge in [0, 0.05) is 29.7 Å². The average molecular weight is 434 g/mol. The first-order chi connectivity index (χ1) is 15.5. The van der Waals surface area contributed by atoms with Crippen LogP contribution in [0.25, 0.3) is 16.9 Å². The number of methoxy groups -OCH3 is 2. The van der Waals surface area contributed by atoms with Crippen molar-refractivity contribution in [2.75, 3.05) is 14.2 Å². The number of hydrogen-bond donors (Lipinski definition) is 0. The SMILES string of the molecule is COc1ncc(-c2cc([C@H]3C[C@@H]3c3c(F)cc(C#N)cc3F)c3nccn3n2)c(OC)n1. The average Bonchev–Trinajstić information content (AvgIpc) is 3.42. The maximum Gasteiger partial charge on any atom is 0.319 e. The van der Waals surface area contributed by atoms with E-state index >= 15 is 0 Å². The third kappa shape index (κ3) is 3.19. The Morgan fingerprint density at radius 3 is 2.56 bits per heavy atom. The highest BCUT2D eigenvalue weighted by molar-refractivity contribution is 5.68. The predicted molar refractivity (Wildman–Crippen MR) is 108 cm³/mol. The summed E-state index contributed by atoms with van der Waals surface area (Å²) in [7, 11) is 2.94. The molecule has 1 fully saturated rings. The van der Waals surface area contributed by atoms with Gasteiger partial charge in [0.15, 0.2) is 5.65 Å². The molecule has 160 valence electrons. The maximum atomic E-state index is 14.6. The standard InChI is InChI=1S/C22H16F2N6O2/c1-31-21-15(10-27-22(28-21)32-2)18-8-14(20-26-3-4-30(20)29-18)12-7-13(12)19-16(23)5-11(9-25)6-17(19)24/h3-6,8,10,12-13H,7H2,1-2H3/t12-,13-/m0/s1. The van der Waals surface area contributed by atoms with Crippen LogP contribution in [-0.2, 0) is 0 Å². The first kappa shape index (κ1) is 19.8. The van der Waals surface area contributed by atoms with E-state index in [0.717, 1.165) is 17.7 Å². The number of hydrogen-bond acceptors (Lipinski definition) is 7. The number of benzene rings is 1. The fourth-order valence-corrected chi connectivity index (χ4v) is 3.99. The van der Waals surface area contributed by atoms with Crippen molar-refractivity contribution < 1.29 is 18.3 Å². The van der Waals surface area contributed by atoms with Gasteiger partial charge < -0.3 is 9.47 Å². The van der Waals surface area contributed by atoms with Gasteiger partial charge >= 0.3 is 6.01 Å². The lowest BCUT2D eigenvalue weighted by Gasteiger charge is -2.11. The number of nitriles is 1. The van der Waals surface area contributed by atoms with Crippen molar-refractivity contribution in [1.29, 1.82) is 5.26 Å². The normalized spacial score (nSPS) is 17.2. The van der Waals surface area contributed by atoms with E-state index in [1.165, 1.54) is 14.2 Å². The number of rotatable bonds is 5. The summed E-state index contributed by atoms with van der Waals surface area (Å²) < 4.78 is 41.2. The van der Waals surface area contributed by atoms with E-state index < -0.39 is 11.6 Å². The van der Waals surface area contributed by atoms with Gasteiger partial charge in [-0.3, -0.25) is 0 Å². The van der Waals surface area contributed by atoms with E-state index in [1.54, 1.807) is 29.2 Å². The molecule has 10 heteroatoms. The second kappa shape index (κ2) is 7.53. The van der Waals surface area contributed by atoms with Crippen LogP contribution in [0.15, 0.2) is 36.8 Å². The number of fused-ring (bicyclic) bond motifs is 1. The summed E-state index contributed by atoms with van der Waals surface area (Å²) in [4.78, 5) is 12.7. The fourth-order valence-electron chi connectivity index (χ4n) is 3.99. The van der Waals surface area contributed by atoms with Crippen molar-refractivity contribution in [3.8, 4) is 29.2 Å². The molecule has 5 rings (SSSR count). The Morgan fingerprint density at radius 1 is 1.09 bits per heavy atom. The molecule has 0 bridgehead atoms. The molecule has 1 aliphatic rings. The van der Waals surface area contributed by atoms with Crippen molar-refractivity contribution in [1.82, 2.24) is 24.6 Å². The summed E-state index contributed by atoms with van der Waals surface area (Å²) >= 11 is 0. The molecule has 0 aliphatic heterocycles. The third-order valence-electron chi connectivity index (χ3n) is 5.54. The zero-order chi connectivity index (χ0) is 22.4. The van der Waals surface area contributed by atoms with Crippen LogP contribution >= 0.6 is 0 Å². The maximum absolute atomic E-state index is 14.6. The molecule has 32 heavy (non-hydrogen) atoms. The largest absolute Gasteiger partial charge is 0.480 e. The zero-order valence-corrected chi connectivity index (χ0v) is 17.1. The summed E-state index contributed by atoms with van der Waals surface area (Å²) in [6.45, 7) is 0. The Hall–Kier alpha value is -4.13. The zero-order valence-electron chi connectivity index (χ0n) is 17.1. The number of halogens is 2. The molecule has 0 unspecified atom stereocenters. The molecule has 1 saturated carbocycles. The Kier molecular flexibility index (Phi) is 4.66. The monoisotopic (exact) mass is 434 g/mol. The third-order valence-corrected chi connectivity index (χ3v) is 5.54. The van der Waals surface area contributed by atoms with Gasteiger partial charge in [-0.15, -0.1) is 0 Å². The molecule has 0 saturated heterocycles. The van der Waals surface area contributed by atoms with Crippen molar-refractivity contribution >= 4 is 5.65 Å². The smallest absolute Gasteiger partial charge is 0.319 e. The molecule has 4 aromatic rings.